The molecule has 1 aliphatic carbocycles. The number of hydrogen-bond acceptors (Lipinski definition) is 2. The van der Waals surface area contributed by atoms with Crippen LogP contribution < -0.4 is 5.32 Å². The molecule has 2 atom stereocenters. The van der Waals surface area contributed by atoms with Gasteiger partial charge in [-0.15, -0.1) is 0 Å². The molecule has 0 bridgehead atoms. The zero-order valence-corrected chi connectivity index (χ0v) is 11.8. The molecule has 0 aromatic rings. The van der Waals surface area contributed by atoms with Gasteiger partial charge in [-0.25, -0.2) is 9.59 Å². The molecule has 1 heterocycles. The molecule has 5 nitrogen and oxygen atoms in total. The largest absolute Gasteiger partial charge is 0.480 e. The number of urea groups is 1. The predicted molar refractivity (Wildman–Crippen MR) is 71.9 cm³/mol. The van der Waals surface area contributed by atoms with Gasteiger partial charge in [-0.05, 0) is 30.6 Å². The lowest BCUT2D eigenvalue weighted by atomic mass is 9.89. The summed E-state index contributed by atoms with van der Waals surface area (Å²) in [5, 5.41) is 12.1. The van der Waals surface area contributed by atoms with Crippen LogP contribution in [0.3, 0.4) is 0 Å². The first-order valence-electron chi connectivity index (χ1n) is 7.20. The quantitative estimate of drug-likeness (QED) is 0.823. The number of carbonyl (C=O) groups is 2. The molecular weight excluding hydrogens is 244 g/mol. The van der Waals surface area contributed by atoms with Gasteiger partial charge in [-0.1, -0.05) is 26.7 Å². The maximum absolute atomic E-state index is 12.2. The minimum absolute atomic E-state index is 0.0327. The Morgan fingerprint density at radius 1 is 1.37 bits per heavy atom. The molecule has 5 heteroatoms. The van der Waals surface area contributed by atoms with E-state index in [-0.39, 0.29) is 17.4 Å². The Hall–Kier alpha value is -1.26. The number of nitrogens with one attached hydrogen (secondary N) is 1. The first kappa shape index (κ1) is 14.2. The molecule has 2 aliphatic rings. The second kappa shape index (κ2) is 5.39. The number of carboxylic acids is 1. The molecule has 0 aromatic carbocycles. The van der Waals surface area contributed by atoms with Crippen molar-refractivity contribution in [3.63, 3.8) is 0 Å². The highest BCUT2D eigenvalue weighted by molar-refractivity contribution is 5.83. The molecule has 19 heavy (non-hydrogen) atoms. The van der Waals surface area contributed by atoms with E-state index in [1.165, 1.54) is 17.7 Å². The van der Waals surface area contributed by atoms with Gasteiger partial charge in [-0.3, -0.25) is 0 Å². The van der Waals surface area contributed by atoms with Gasteiger partial charge in [0.25, 0.3) is 0 Å². The summed E-state index contributed by atoms with van der Waals surface area (Å²) >= 11 is 0. The van der Waals surface area contributed by atoms with Crippen molar-refractivity contribution in [1.29, 1.82) is 0 Å². The summed E-state index contributed by atoms with van der Waals surface area (Å²) in [7, 11) is 0. The number of nitrogens with zero attached hydrogens (tertiary/aromatic N) is 1. The molecule has 2 rings (SSSR count). The monoisotopic (exact) mass is 268 g/mol. The average molecular weight is 268 g/mol. The van der Waals surface area contributed by atoms with Crippen LogP contribution in [-0.4, -0.2) is 41.1 Å². The third-order valence-electron chi connectivity index (χ3n) is 4.69. The highest BCUT2D eigenvalue weighted by Gasteiger charge is 2.40. The summed E-state index contributed by atoms with van der Waals surface area (Å²) in [4.78, 5) is 24.9. The van der Waals surface area contributed by atoms with Crippen LogP contribution in [0.1, 0.15) is 46.0 Å². The van der Waals surface area contributed by atoms with Crippen molar-refractivity contribution in [1.82, 2.24) is 10.2 Å². The van der Waals surface area contributed by atoms with E-state index in [0.717, 1.165) is 19.3 Å². The van der Waals surface area contributed by atoms with Gasteiger partial charge in [0.05, 0.1) is 0 Å². The molecule has 0 aromatic heterocycles. The molecular formula is C14H24N2O3. The molecule has 2 amide bonds. The van der Waals surface area contributed by atoms with Gasteiger partial charge in [0, 0.05) is 13.1 Å². The number of carbonyl (C=O) groups excluding carboxylic acids is 1. The van der Waals surface area contributed by atoms with Gasteiger partial charge in [0.1, 0.15) is 6.04 Å². The van der Waals surface area contributed by atoms with Crippen LogP contribution in [0, 0.1) is 11.3 Å². The zero-order valence-electron chi connectivity index (χ0n) is 11.8. The van der Waals surface area contributed by atoms with E-state index in [1.807, 2.05) is 6.92 Å². The van der Waals surface area contributed by atoms with Crippen molar-refractivity contribution in [2.45, 2.75) is 52.0 Å². The summed E-state index contributed by atoms with van der Waals surface area (Å²) in [6.45, 7) is 5.29. The van der Waals surface area contributed by atoms with E-state index >= 15 is 0 Å². The third kappa shape index (κ3) is 3.01. The zero-order chi connectivity index (χ0) is 14.0. The highest BCUT2D eigenvalue weighted by atomic mass is 16.4. The molecule has 2 N–H and O–H groups in total. The first-order valence-corrected chi connectivity index (χ1v) is 7.20. The number of rotatable bonds is 3. The van der Waals surface area contributed by atoms with E-state index in [1.54, 1.807) is 0 Å². The van der Waals surface area contributed by atoms with Gasteiger partial charge in [-0.2, -0.15) is 0 Å². The van der Waals surface area contributed by atoms with Crippen molar-refractivity contribution < 1.29 is 14.7 Å². The Bertz CT molecular complexity index is 364. The topological polar surface area (TPSA) is 69.6 Å². The lowest BCUT2D eigenvalue weighted by molar-refractivity contribution is -0.142. The normalized spacial score (nSPS) is 29.5. The number of carboxylic acid groups (broad SMARTS) is 1. The highest BCUT2D eigenvalue weighted by Crippen LogP contribution is 2.36. The van der Waals surface area contributed by atoms with Gasteiger partial charge >= 0.3 is 12.0 Å². The van der Waals surface area contributed by atoms with Gasteiger partial charge in [0.15, 0.2) is 0 Å². The second-order valence-electron chi connectivity index (χ2n) is 6.42. The Morgan fingerprint density at radius 3 is 2.58 bits per heavy atom. The Morgan fingerprint density at radius 2 is 2.00 bits per heavy atom. The van der Waals surface area contributed by atoms with Crippen molar-refractivity contribution >= 4 is 12.0 Å². The first-order chi connectivity index (χ1) is 8.93. The summed E-state index contributed by atoms with van der Waals surface area (Å²) < 4.78 is 0. The molecule has 108 valence electrons. The maximum atomic E-state index is 12.2. The van der Waals surface area contributed by atoms with Crippen LogP contribution in [0.25, 0.3) is 0 Å². The summed E-state index contributed by atoms with van der Waals surface area (Å²) in [6, 6.07) is -0.888. The number of aliphatic carboxylic acids is 1. The minimum Gasteiger partial charge on any atom is -0.480 e. The second-order valence-corrected chi connectivity index (χ2v) is 6.42. The fourth-order valence-corrected chi connectivity index (χ4v) is 3.35. The average Bonchev–Trinajstić information content (AvgIpc) is 2.93. The van der Waals surface area contributed by atoms with Crippen LogP contribution in [0.15, 0.2) is 0 Å². The van der Waals surface area contributed by atoms with E-state index < -0.39 is 12.0 Å². The van der Waals surface area contributed by atoms with Gasteiger partial charge < -0.3 is 15.3 Å². The Kier molecular flexibility index (Phi) is 4.02. The summed E-state index contributed by atoms with van der Waals surface area (Å²) in [5.41, 5.74) is 0.194. The van der Waals surface area contributed by atoms with Crippen LogP contribution in [0.2, 0.25) is 0 Å². The Balaban J connectivity index is 1.90. The van der Waals surface area contributed by atoms with Crippen molar-refractivity contribution in [2.75, 3.05) is 13.1 Å². The van der Waals surface area contributed by atoms with E-state index in [9.17, 15) is 14.7 Å². The van der Waals surface area contributed by atoms with E-state index in [2.05, 4.69) is 12.2 Å². The number of likely N-dealkylation sites (tertiary alicyclic amines) is 1. The number of hydrogen-bond donors (Lipinski definition) is 2. The van der Waals surface area contributed by atoms with E-state index in [0.29, 0.717) is 13.1 Å². The van der Waals surface area contributed by atoms with Crippen LogP contribution in [0.4, 0.5) is 4.79 Å². The van der Waals surface area contributed by atoms with Crippen LogP contribution >= 0.6 is 0 Å². The molecule has 0 radical (unpaired) electrons. The molecule has 2 unspecified atom stereocenters. The molecule has 2 fully saturated rings. The molecule has 0 spiro atoms. The molecule has 1 aliphatic heterocycles. The molecule has 1 saturated heterocycles. The lowest BCUT2D eigenvalue weighted by Gasteiger charge is -2.28. The SMILES string of the molecule is CC1CCN(C(=O)NCC2(C)CCCC2)C1C(=O)O. The Labute approximate surface area is 114 Å². The molecule has 1 saturated carbocycles. The smallest absolute Gasteiger partial charge is 0.326 e. The van der Waals surface area contributed by atoms with Crippen molar-refractivity contribution in [3.05, 3.63) is 0 Å². The third-order valence-corrected chi connectivity index (χ3v) is 4.69. The van der Waals surface area contributed by atoms with Crippen molar-refractivity contribution in [2.24, 2.45) is 11.3 Å². The fraction of sp³-hybridized carbons (Fsp3) is 0.857. The predicted octanol–water partition coefficient (Wildman–Crippen LogP) is 2.07. The van der Waals surface area contributed by atoms with Crippen LogP contribution in [0.5, 0.6) is 0 Å². The standard InChI is InChI=1S/C14H24N2O3/c1-10-5-8-16(11(10)12(17)18)13(19)15-9-14(2)6-3-4-7-14/h10-11H,3-9H2,1-2H3,(H,15,19)(H,17,18). The van der Waals surface area contributed by atoms with Crippen molar-refractivity contribution in [3.8, 4) is 0 Å². The fourth-order valence-electron chi connectivity index (χ4n) is 3.35. The maximum Gasteiger partial charge on any atom is 0.326 e. The summed E-state index contributed by atoms with van der Waals surface area (Å²) in [6.07, 6.45) is 5.51. The summed E-state index contributed by atoms with van der Waals surface area (Å²) in [5.74, 6) is -0.863. The lowest BCUT2D eigenvalue weighted by Crippen LogP contribution is -2.49. The number of amides is 2. The van der Waals surface area contributed by atoms with E-state index in [4.69, 9.17) is 0 Å². The minimum atomic E-state index is -0.896. The van der Waals surface area contributed by atoms with Crippen LogP contribution in [-0.2, 0) is 4.79 Å². The van der Waals surface area contributed by atoms with Gasteiger partial charge in [0.2, 0.25) is 0 Å².